The van der Waals surface area contributed by atoms with Gasteiger partial charge in [-0.2, -0.15) is 0 Å². The average Bonchev–Trinajstić information content (AvgIpc) is 2.44. The van der Waals surface area contributed by atoms with Crippen LogP contribution in [0.5, 0.6) is 0 Å². The van der Waals surface area contributed by atoms with E-state index in [1.807, 2.05) is 0 Å². The lowest BCUT2D eigenvalue weighted by Gasteiger charge is -2.27. The van der Waals surface area contributed by atoms with Crippen molar-refractivity contribution in [1.29, 1.82) is 0 Å². The molecule has 1 aliphatic rings. The Morgan fingerprint density at radius 3 is 2.09 bits per heavy atom. The van der Waals surface area contributed by atoms with Crippen LogP contribution >= 0.6 is 24.8 Å². The van der Waals surface area contributed by atoms with Crippen molar-refractivity contribution < 1.29 is 16.8 Å². The van der Waals surface area contributed by atoms with Gasteiger partial charge >= 0.3 is 0 Å². The van der Waals surface area contributed by atoms with E-state index in [-0.39, 0.29) is 42.9 Å². The van der Waals surface area contributed by atoms with Gasteiger partial charge in [0.1, 0.15) is 0 Å². The molecule has 142 valence electrons. The molecular formula is C11H28Cl2N4O4S2. The molecule has 0 unspecified atom stereocenters. The standard InChI is InChI=1S/C11H26N4O4S2.2ClH/c1-2-20(16,17)14-7-11-21(18,19)13-4-3-8-15-9-5-12-6-10-15;;/h12-14H,2-11H2,1H3;2*1H. The van der Waals surface area contributed by atoms with E-state index < -0.39 is 20.0 Å². The van der Waals surface area contributed by atoms with Crippen molar-refractivity contribution in [2.45, 2.75) is 13.3 Å². The molecule has 0 amide bonds. The Morgan fingerprint density at radius 1 is 0.957 bits per heavy atom. The van der Waals surface area contributed by atoms with E-state index in [2.05, 4.69) is 19.7 Å². The van der Waals surface area contributed by atoms with Crippen molar-refractivity contribution in [3.8, 4) is 0 Å². The summed E-state index contributed by atoms with van der Waals surface area (Å²) in [5, 5.41) is 3.26. The molecule has 12 heteroatoms. The summed E-state index contributed by atoms with van der Waals surface area (Å²) in [6.07, 6.45) is 0.750. The predicted molar refractivity (Wildman–Crippen MR) is 97.7 cm³/mol. The zero-order valence-electron chi connectivity index (χ0n) is 13.3. The fourth-order valence-electron chi connectivity index (χ4n) is 1.97. The van der Waals surface area contributed by atoms with Crippen molar-refractivity contribution in [3.63, 3.8) is 0 Å². The van der Waals surface area contributed by atoms with E-state index in [0.29, 0.717) is 6.54 Å². The number of nitrogens with zero attached hydrogens (tertiary/aromatic N) is 1. The van der Waals surface area contributed by atoms with Gasteiger partial charge in [-0.3, -0.25) is 0 Å². The number of rotatable bonds is 10. The number of hydrogen-bond acceptors (Lipinski definition) is 6. The van der Waals surface area contributed by atoms with Gasteiger partial charge in [-0.15, -0.1) is 24.8 Å². The first kappa shape index (κ1) is 25.6. The van der Waals surface area contributed by atoms with Crippen LogP contribution in [0.25, 0.3) is 0 Å². The molecule has 0 bridgehead atoms. The molecule has 0 spiro atoms. The van der Waals surface area contributed by atoms with Crippen LogP contribution in [-0.2, 0) is 20.0 Å². The van der Waals surface area contributed by atoms with Gasteiger partial charge in [0.05, 0.1) is 11.5 Å². The van der Waals surface area contributed by atoms with Gasteiger partial charge in [0.2, 0.25) is 20.0 Å². The lowest BCUT2D eigenvalue weighted by Crippen LogP contribution is -2.44. The molecule has 1 heterocycles. The summed E-state index contributed by atoms with van der Waals surface area (Å²) in [5.41, 5.74) is 0. The lowest BCUT2D eigenvalue weighted by atomic mass is 10.3. The molecule has 0 aromatic heterocycles. The summed E-state index contributed by atoms with van der Waals surface area (Å²) >= 11 is 0. The fraction of sp³-hybridized carbons (Fsp3) is 1.00. The van der Waals surface area contributed by atoms with Gasteiger partial charge < -0.3 is 10.2 Å². The maximum atomic E-state index is 11.7. The van der Waals surface area contributed by atoms with Crippen molar-refractivity contribution in [2.75, 3.05) is 57.3 Å². The third-order valence-electron chi connectivity index (χ3n) is 3.26. The molecule has 8 nitrogen and oxygen atoms in total. The zero-order chi connectivity index (χ0) is 15.8. The molecule has 23 heavy (non-hydrogen) atoms. The Labute approximate surface area is 152 Å². The van der Waals surface area contributed by atoms with Gasteiger partial charge in [-0.1, -0.05) is 0 Å². The van der Waals surface area contributed by atoms with E-state index in [9.17, 15) is 16.8 Å². The molecule has 0 saturated carbocycles. The third-order valence-corrected chi connectivity index (χ3v) is 6.05. The minimum atomic E-state index is -3.42. The molecule has 1 rings (SSSR count). The van der Waals surface area contributed by atoms with Crippen molar-refractivity contribution in [1.82, 2.24) is 19.7 Å². The van der Waals surface area contributed by atoms with Crippen LogP contribution in [-0.4, -0.2) is 79.1 Å². The number of hydrogen-bond donors (Lipinski definition) is 3. The first-order valence-corrected chi connectivity index (χ1v) is 10.5. The molecule has 1 aliphatic heterocycles. The minimum absolute atomic E-state index is 0. The smallest absolute Gasteiger partial charge is 0.212 e. The summed E-state index contributed by atoms with van der Waals surface area (Å²) in [6.45, 7) is 6.59. The summed E-state index contributed by atoms with van der Waals surface area (Å²) in [5.74, 6) is -0.287. The Balaban J connectivity index is 0. The van der Waals surface area contributed by atoms with Gasteiger partial charge in [-0.05, 0) is 19.9 Å². The molecule has 0 aromatic rings. The number of sulfonamides is 2. The normalized spacial score (nSPS) is 16.4. The molecular weight excluding hydrogens is 387 g/mol. The summed E-state index contributed by atoms with van der Waals surface area (Å²) < 4.78 is 50.5. The average molecular weight is 415 g/mol. The Morgan fingerprint density at radius 2 is 1.52 bits per heavy atom. The quantitative estimate of drug-likeness (QED) is 0.395. The summed E-state index contributed by atoms with van der Waals surface area (Å²) in [6, 6.07) is 0. The minimum Gasteiger partial charge on any atom is -0.314 e. The Hall–Kier alpha value is 0.320. The van der Waals surface area contributed by atoms with E-state index in [0.717, 1.165) is 39.1 Å². The SMILES string of the molecule is CCS(=O)(=O)NCCS(=O)(=O)NCCCN1CCNCC1.Cl.Cl. The highest BCUT2D eigenvalue weighted by molar-refractivity contribution is 7.90. The van der Waals surface area contributed by atoms with Crippen LogP contribution in [0.3, 0.4) is 0 Å². The van der Waals surface area contributed by atoms with Crippen molar-refractivity contribution >= 4 is 44.9 Å². The van der Waals surface area contributed by atoms with Crippen LogP contribution in [0.2, 0.25) is 0 Å². The molecule has 0 radical (unpaired) electrons. The second-order valence-corrected chi connectivity index (χ2v) is 8.98. The Bertz CT molecular complexity index is 496. The van der Waals surface area contributed by atoms with Crippen LogP contribution < -0.4 is 14.8 Å². The van der Waals surface area contributed by atoms with Crippen molar-refractivity contribution in [3.05, 3.63) is 0 Å². The van der Waals surface area contributed by atoms with Crippen molar-refractivity contribution in [2.24, 2.45) is 0 Å². The second kappa shape index (κ2) is 12.6. The molecule has 3 N–H and O–H groups in total. The van der Waals surface area contributed by atoms with E-state index in [4.69, 9.17) is 0 Å². The van der Waals surface area contributed by atoms with Gasteiger partial charge in [0.25, 0.3) is 0 Å². The molecule has 1 saturated heterocycles. The zero-order valence-corrected chi connectivity index (χ0v) is 16.6. The highest BCUT2D eigenvalue weighted by atomic mass is 35.5. The molecule has 0 aliphatic carbocycles. The highest BCUT2D eigenvalue weighted by Gasteiger charge is 2.13. The topological polar surface area (TPSA) is 108 Å². The second-order valence-electron chi connectivity index (χ2n) is 4.96. The van der Waals surface area contributed by atoms with Gasteiger partial charge in [0.15, 0.2) is 0 Å². The fourth-order valence-corrected chi connectivity index (χ4v) is 3.69. The molecule has 0 aromatic carbocycles. The third kappa shape index (κ3) is 12.3. The largest absolute Gasteiger partial charge is 0.314 e. The first-order valence-electron chi connectivity index (χ1n) is 7.22. The van der Waals surface area contributed by atoms with Crippen LogP contribution in [0.15, 0.2) is 0 Å². The molecule has 1 fully saturated rings. The van der Waals surface area contributed by atoms with Gasteiger partial charge in [0, 0.05) is 39.3 Å². The summed E-state index contributed by atoms with van der Waals surface area (Å²) in [7, 11) is -6.76. The Kier molecular flexibility index (Phi) is 14.1. The number of halogens is 2. The number of nitrogens with one attached hydrogen (secondary N) is 3. The van der Waals surface area contributed by atoms with E-state index >= 15 is 0 Å². The maximum Gasteiger partial charge on any atom is 0.212 e. The first-order chi connectivity index (χ1) is 9.85. The molecule has 0 atom stereocenters. The number of piperazine rings is 1. The van der Waals surface area contributed by atoms with Crippen LogP contribution in [0.4, 0.5) is 0 Å². The van der Waals surface area contributed by atoms with Crippen LogP contribution in [0.1, 0.15) is 13.3 Å². The highest BCUT2D eigenvalue weighted by Crippen LogP contribution is 1.94. The monoisotopic (exact) mass is 414 g/mol. The lowest BCUT2D eigenvalue weighted by molar-refractivity contribution is 0.239. The van der Waals surface area contributed by atoms with E-state index in [1.54, 1.807) is 0 Å². The van der Waals surface area contributed by atoms with E-state index in [1.165, 1.54) is 6.92 Å². The predicted octanol–water partition coefficient (Wildman–Crippen LogP) is -1.02. The van der Waals surface area contributed by atoms with Crippen LogP contribution in [0, 0.1) is 0 Å². The maximum absolute atomic E-state index is 11.7. The summed E-state index contributed by atoms with van der Waals surface area (Å²) in [4.78, 5) is 2.29. The van der Waals surface area contributed by atoms with Gasteiger partial charge in [-0.25, -0.2) is 26.3 Å².